The highest BCUT2D eigenvalue weighted by molar-refractivity contribution is 5.42. The Bertz CT molecular complexity index is 445. The van der Waals surface area contributed by atoms with Crippen LogP contribution in [0.2, 0.25) is 0 Å². The van der Waals surface area contributed by atoms with E-state index in [1.165, 1.54) is 0 Å². The number of piperazine rings is 1. The minimum Gasteiger partial charge on any atom is -0.497 e. The van der Waals surface area contributed by atoms with Gasteiger partial charge in [-0.25, -0.2) is 0 Å². The first-order chi connectivity index (χ1) is 10.2. The van der Waals surface area contributed by atoms with E-state index >= 15 is 0 Å². The zero-order chi connectivity index (χ0) is 15.2. The lowest BCUT2D eigenvalue weighted by Gasteiger charge is -2.39. The molecule has 21 heavy (non-hydrogen) atoms. The first kappa shape index (κ1) is 16.1. The van der Waals surface area contributed by atoms with Crippen molar-refractivity contribution in [3.05, 3.63) is 23.8 Å². The second-order valence-corrected chi connectivity index (χ2v) is 5.33. The number of rotatable bonds is 6. The Kier molecular flexibility index (Phi) is 5.85. The number of benzene rings is 1. The fourth-order valence-electron chi connectivity index (χ4n) is 2.96. The maximum Gasteiger partial charge on any atom is 0.127 e. The Labute approximate surface area is 127 Å². The van der Waals surface area contributed by atoms with Gasteiger partial charge in [0.05, 0.1) is 20.3 Å². The largest absolute Gasteiger partial charge is 0.497 e. The Hall–Kier alpha value is -1.30. The second kappa shape index (κ2) is 7.64. The molecule has 0 amide bonds. The van der Waals surface area contributed by atoms with Crippen molar-refractivity contribution in [2.24, 2.45) is 5.73 Å². The number of hydrogen-bond acceptors (Lipinski definition) is 5. The van der Waals surface area contributed by atoms with Crippen LogP contribution in [-0.2, 0) is 0 Å². The van der Waals surface area contributed by atoms with Crippen molar-refractivity contribution in [1.82, 2.24) is 9.80 Å². The zero-order valence-corrected chi connectivity index (χ0v) is 13.3. The Balaban J connectivity index is 2.17. The predicted molar refractivity (Wildman–Crippen MR) is 85.0 cm³/mol. The monoisotopic (exact) mass is 293 g/mol. The summed E-state index contributed by atoms with van der Waals surface area (Å²) >= 11 is 0. The van der Waals surface area contributed by atoms with Gasteiger partial charge in [-0.1, -0.05) is 13.0 Å². The van der Waals surface area contributed by atoms with Crippen LogP contribution in [0.5, 0.6) is 11.5 Å². The van der Waals surface area contributed by atoms with Crippen molar-refractivity contribution in [3.63, 3.8) is 0 Å². The molecular weight excluding hydrogens is 266 g/mol. The molecule has 1 aromatic rings. The van der Waals surface area contributed by atoms with Crippen LogP contribution in [0, 0.1) is 0 Å². The van der Waals surface area contributed by atoms with Gasteiger partial charge in [0.25, 0.3) is 0 Å². The normalized spacial score (nSPS) is 18.5. The topological polar surface area (TPSA) is 51.0 Å². The first-order valence-corrected chi connectivity index (χ1v) is 7.61. The molecule has 1 heterocycles. The maximum atomic E-state index is 6.05. The molecule has 5 nitrogen and oxygen atoms in total. The smallest absolute Gasteiger partial charge is 0.127 e. The maximum absolute atomic E-state index is 6.05. The predicted octanol–water partition coefficient (Wildman–Crippen LogP) is 1.34. The van der Waals surface area contributed by atoms with Crippen molar-refractivity contribution in [3.8, 4) is 11.5 Å². The van der Waals surface area contributed by atoms with Gasteiger partial charge in [-0.05, 0) is 12.6 Å². The van der Waals surface area contributed by atoms with E-state index in [0.717, 1.165) is 49.8 Å². The molecule has 2 rings (SSSR count). The Morgan fingerprint density at radius 1 is 1.14 bits per heavy atom. The SMILES string of the molecule is CCN1CCN(C(CN)c2ccc(OC)cc2OC)CC1. The third-order valence-electron chi connectivity index (χ3n) is 4.32. The highest BCUT2D eigenvalue weighted by Crippen LogP contribution is 2.32. The highest BCUT2D eigenvalue weighted by atomic mass is 16.5. The van der Waals surface area contributed by atoms with Crippen LogP contribution in [-0.4, -0.2) is 63.3 Å². The number of nitrogens with zero attached hydrogens (tertiary/aromatic N) is 2. The van der Waals surface area contributed by atoms with Crippen LogP contribution in [0.25, 0.3) is 0 Å². The summed E-state index contributed by atoms with van der Waals surface area (Å²) in [5.41, 5.74) is 7.20. The van der Waals surface area contributed by atoms with Crippen molar-refractivity contribution >= 4 is 0 Å². The minimum absolute atomic E-state index is 0.199. The van der Waals surface area contributed by atoms with Gasteiger partial charge in [0.15, 0.2) is 0 Å². The fourth-order valence-corrected chi connectivity index (χ4v) is 2.96. The van der Waals surface area contributed by atoms with E-state index in [9.17, 15) is 0 Å². The molecule has 1 unspecified atom stereocenters. The molecule has 0 spiro atoms. The van der Waals surface area contributed by atoms with Crippen molar-refractivity contribution in [2.75, 3.05) is 53.5 Å². The molecule has 0 saturated carbocycles. The summed E-state index contributed by atoms with van der Waals surface area (Å²) in [7, 11) is 3.36. The van der Waals surface area contributed by atoms with Gasteiger partial charge in [-0.3, -0.25) is 4.90 Å². The average Bonchev–Trinajstić information content (AvgIpc) is 2.56. The van der Waals surface area contributed by atoms with E-state index in [4.69, 9.17) is 15.2 Å². The summed E-state index contributed by atoms with van der Waals surface area (Å²) in [6, 6.07) is 6.18. The molecular formula is C16H27N3O2. The zero-order valence-electron chi connectivity index (χ0n) is 13.3. The lowest BCUT2D eigenvalue weighted by atomic mass is 10.0. The van der Waals surface area contributed by atoms with E-state index in [0.29, 0.717) is 6.54 Å². The summed E-state index contributed by atoms with van der Waals surface area (Å²) < 4.78 is 10.8. The first-order valence-electron chi connectivity index (χ1n) is 7.61. The van der Waals surface area contributed by atoms with E-state index in [1.807, 2.05) is 12.1 Å². The molecule has 0 aromatic heterocycles. The molecule has 1 fully saturated rings. The molecule has 1 aliphatic rings. The molecule has 0 aliphatic carbocycles. The Morgan fingerprint density at radius 2 is 1.86 bits per heavy atom. The van der Waals surface area contributed by atoms with E-state index in [-0.39, 0.29) is 6.04 Å². The number of likely N-dealkylation sites (N-methyl/N-ethyl adjacent to an activating group) is 1. The van der Waals surface area contributed by atoms with Crippen LogP contribution in [0.15, 0.2) is 18.2 Å². The van der Waals surface area contributed by atoms with Gasteiger partial charge in [-0.2, -0.15) is 0 Å². The van der Waals surface area contributed by atoms with Crippen LogP contribution in [0.3, 0.4) is 0 Å². The minimum atomic E-state index is 0.199. The van der Waals surface area contributed by atoms with Gasteiger partial charge in [0.2, 0.25) is 0 Å². The Morgan fingerprint density at radius 3 is 2.38 bits per heavy atom. The molecule has 5 heteroatoms. The standard InChI is InChI=1S/C16H27N3O2/c1-4-18-7-9-19(10-8-18)15(12-17)14-6-5-13(20-2)11-16(14)21-3/h5-6,11,15H,4,7-10,12,17H2,1-3H3. The number of hydrogen-bond donors (Lipinski definition) is 1. The van der Waals surface area contributed by atoms with E-state index in [1.54, 1.807) is 14.2 Å². The molecule has 1 aliphatic heterocycles. The van der Waals surface area contributed by atoms with Gasteiger partial charge < -0.3 is 20.1 Å². The summed E-state index contributed by atoms with van der Waals surface area (Å²) in [4.78, 5) is 4.92. The second-order valence-electron chi connectivity index (χ2n) is 5.33. The lowest BCUT2D eigenvalue weighted by molar-refractivity contribution is 0.101. The number of nitrogens with two attached hydrogens (primary N) is 1. The molecule has 0 radical (unpaired) electrons. The van der Waals surface area contributed by atoms with Crippen molar-refractivity contribution in [1.29, 1.82) is 0 Å². The number of methoxy groups -OCH3 is 2. The average molecular weight is 293 g/mol. The van der Waals surface area contributed by atoms with Crippen LogP contribution < -0.4 is 15.2 Å². The van der Waals surface area contributed by atoms with Crippen LogP contribution >= 0.6 is 0 Å². The van der Waals surface area contributed by atoms with Crippen LogP contribution in [0.4, 0.5) is 0 Å². The summed E-state index contributed by atoms with van der Waals surface area (Å²) in [5, 5.41) is 0. The third-order valence-corrected chi connectivity index (χ3v) is 4.32. The molecule has 1 aromatic carbocycles. The number of ether oxygens (including phenoxy) is 2. The van der Waals surface area contributed by atoms with Gasteiger partial charge in [0, 0.05) is 44.4 Å². The van der Waals surface area contributed by atoms with E-state index in [2.05, 4.69) is 22.8 Å². The molecule has 0 bridgehead atoms. The van der Waals surface area contributed by atoms with Gasteiger partial charge >= 0.3 is 0 Å². The summed E-state index contributed by atoms with van der Waals surface area (Å²) in [6.45, 7) is 8.22. The van der Waals surface area contributed by atoms with Gasteiger partial charge in [0.1, 0.15) is 11.5 Å². The third kappa shape index (κ3) is 3.67. The molecule has 118 valence electrons. The van der Waals surface area contributed by atoms with Gasteiger partial charge in [-0.15, -0.1) is 0 Å². The highest BCUT2D eigenvalue weighted by Gasteiger charge is 2.25. The van der Waals surface area contributed by atoms with E-state index < -0.39 is 0 Å². The molecule has 1 atom stereocenters. The fraction of sp³-hybridized carbons (Fsp3) is 0.625. The summed E-state index contributed by atoms with van der Waals surface area (Å²) in [5.74, 6) is 1.66. The lowest BCUT2D eigenvalue weighted by Crippen LogP contribution is -2.48. The van der Waals surface area contributed by atoms with Crippen molar-refractivity contribution < 1.29 is 9.47 Å². The summed E-state index contributed by atoms with van der Waals surface area (Å²) in [6.07, 6.45) is 0. The van der Waals surface area contributed by atoms with Crippen molar-refractivity contribution in [2.45, 2.75) is 13.0 Å². The molecule has 2 N–H and O–H groups in total. The molecule has 1 saturated heterocycles. The van der Waals surface area contributed by atoms with Crippen LogP contribution in [0.1, 0.15) is 18.5 Å². The quantitative estimate of drug-likeness (QED) is 0.858.